The van der Waals surface area contributed by atoms with Crippen LogP contribution in [0.2, 0.25) is 0 Å². The molecule has 0 bridgehead atoms. The molecule has 3 aromatic carbocycles. The fraction of sp³-hybridized carbons (Fsp3) is 0.0833. The fourth-order valence-electron chi connectivity index (χ4n) is 2.93. The Labute approximate surface area is 169 Å². The number of carbonyl (C=O) groups excluding carboxylic acids is 2. The van der Waals surface area contributed by atoms with Crippen LogP contribution in [0.4, 0.5) is 0 Å². The van der Waals surface area contributed by atoms with Crippen LogP contribution < -0.4 is 14.2 Å². The number of benzene rings is 3. The Morgan fingerprint density at radius 2 is 1.41 bits per heavy atom. The maximum Gasteiger partial charge on any atom is 0.298 e. The van der Waals surface area contributed by atoms with Crippen molar-refractivity contribution in [2.24, 2.45) is 0 Å². The standard InChI is InChI=1S/C24H20O5/c1-17-13-23(19-7-11-21(27-2)12-8-19)24(29-16-26)14-20(17)6-3-18-4-9-22(10-5-18)28-15-25/h3-16H,1-2H3/b6-3+. The first kappa shape index (κ1) is 19.9. The zero-order valence-corrected chi connectivity index (χ0v) is 16.1. The van der Waals surface area contributed by atoms with Crippen LogP contribution in [0.15, 0.2) is 60.7 Å². The van der Waals surface area contributed by atoms with E-state index in [9.17, 15) is 9.59 Å². The van der Waals surface area contributed by atoms with Crippen LogP contribution in [0.1, 0.15) is 16.7 Å². The van der Waals surface area contributed by atoms with E-state index in [1.807, 2.05) is 67.6 Å². The minimum absolute atomic E-state index is 0.396. The summed E-state index contributed by atoms with van der Waals surface area (Å²) in [4.78, 5) is 21.4. The van der Waals surface area contributed by atoms with Gasteiger partial charge in [-0.2, -0.15) is 0 Å². The molecule has 0 unspecified atom stereocenters. The van der Waals surface area contributed by atoms with E-state index >= 15 is 0 Å². The Morgan fingerprint density at radius 1 is 0.759 bits per heavy atom. The minimum Gasteiger partial charge on any atom is -0.497 e. The smallest absolute Gasteiger partial charge is 0.298 e. The predicted octanol–water partition coefficient (Wildman–Crippen LogP) is 4.91. The van der Waals surface area contributed by atoms with Crippen LogP contribution in [-0.2, 0) is 9.59 Å². The molecule has 0 aliphatic rings. The number of hydrogen-bond donors (Lipinski definition) is 0. The van der Waals surface area contributed by atoms with Gasteiger partial charge in [-0.15, -0.1) is 0 Å². The van der Waals surface area contributed by atoms with E-state index in [1.165, 1.54) is 0 Å². The Kier molecular flexibility index (Phi) is 6.43. The molecule has 5 nitrogen and oxygen atoms in total. The summed E-state index contributed by atoms with van der Waals surface area (Å²) in [7, 11) is 1.62. The average Bonchev–Trinajstić information content (AvgIpc) is 2.75. The summed E-state index contributed by atoms with van der Waals surface area (Å²) in [6.45, 7) is 2.82. The van der Waals surface area contributed by atoms with Gasteiger partial charge in [0.1, 0.15) is 17.2 Å². The van der Waals surface area contributed by atoms with Crippen molar-refractivity contribution in [1.82, 2.24) is 0 Å². The van der Waals surface area contributed by atoms with Gasteiger partial charge in [0.25, 0.3) is 12.9 Å². The van der Waals surface area contributed by atoms with Gasteiger partial charge in [0.05, 0.1) is 7.11 Å². The van der Waals surface area contributed by atoms with Gasteiger partial charge in [0.2, 0.25) is 0 Å². The second-order valence-corrected chi connectivity index (χ2v) is 6.26. The van der Waals surface area contributed by atoms with Crippen LogP contribution in [0.5, 0.6) is 17.2 Å². The van der Waals surface area contributed by atoms with Gasteiger partial charge in [-0.05, 0) is 65.6 Å². The normalized spacial score (nSPS) is 10.6. The summed E-state index contributed by atoms with van der Waals surface area (Å²) in [5.74, 6) is 1.72. The van der Waals surface area contributed by atoms with Gasteiger partial charge >= 0.3 is 0 Å². The molecular weight excluding hydrogens is 368 g/mol. The molecule has 0 spiro atoms. The Balaban J connectivity index is 1.92. The van der Waals surface area contributed by atoms with Crippen molar-refractivity contribution in [2.75, 3.05) is 7.11 Å². The molecule has 3 aromatic rings. The van der Waals surface area contributed by atoms with E-state index in [1.54, 1.807) is 19.2 Å². The van der Waals surface area contributed by atoms with Crippen molar-refractivity contribution in [3.05, 3.63) is 77.4 Å². The molecule has 0 fully saturated rings. The first-order valence-corrected chi connectivity index (χ1v) is 8.92. The summed E-state index contributed by atoms with van der Waals surface area (Å²) >= 11 is 0. The predicted molar refractivity (Wildman–Crippen MR) is 112 cm³/mol. The zero-order chi connectivity index (χ0) is 20.6. The third kappa shape index (κ3) is 4.90. The first-order valence-electron chi connectivity index (χ1n) is 8.92. The van der Waals surface area contributed by atoms with Crippen LogP contribution >= 0.6 is 0 Å². The Hall–Kier alpha value is -3.86. The molecule has 0 heterocycles. The van der Waals surface area contributed by atoms with E-state index in [0.29, 0.717) is 24.4 Å². The topological polar surface area (TPSA) is 61.8 Å². The largest absolute Gasteiger partial charge is 0.497 e. The molecule has 0 radical (unpaired) electrons. The lowest BCUT2D eigenvalue weighted by Crippen LogP contribution is -1.95. The Morgan fingerprint density at radius 3 is 2.03 bits per heavy atom. The highest BCUT2D eigenvalue weighted by Crippen LogP contribution is 2.34. The van der Waals surface area contributed by atoms with E-state index < -0.39 is 0 Å². The van der Waals surface area contributed by atoms with Crippen LogP contribution in [-0.4, -0.2) is 20.1 Å². The summed E-state index contributed by atoms with van der Waals surface area (Å²) in [6, 6.07) is 18.5. The maximum atomic E-state index is 11.0. The molecule has 146 valence electrons. The van der Waals surface area contributed by atoms with E-state index in [-0.39, 0.29) is 0 Å². The van der Waals surface area contributed by atoms with Crippen LogP contribution in [0.25, 0.3) is 23.3 Å². The number of hydrogen-bond acceptors (Lipinski definition) is 5. The fourth-order valence-corrected chi connectivity index (χ4v) is 2.93. The van der Waals surface area contributed by atoms with Gasteiger partial charge < -0.3 is 14.2 Å². The number of methoxy groups -OCH3 is 1. The highest BCUT2D eigenvalue weighted by atomic mass is 16.5. The molecule has 0 saturated heterocycles. The quantitative estimate of drug-likeness (QED) is 0.405. The summed E-state index contributed by atoms with van der Waals surface area (Å²) in [6.07, 6.45) is 3.88. The van der Waals surface area contributed by atoms with Gasteiger partial charge in [-0.25, -0.2) is 0 Å². The average molecular weight is 388 g/mol. The molecule has 0 N–H and O–H groups in total. The molecule has 0 aliphatic heterocycles. The van der Waals surface area contributed by atoms with Crippen molar-refractivity contribution in [3.8, 4) is 28.4 Å². The number of rotatable bonds is 8. The lowest BCUT2D eigenvalue weighted by molar-refractivity contribution is -0.121. The minimum atomic E-state index is 0.396. The molecule has 5 heteroatoms. The Bertz CT molecular complexity index is 1020. The molecule has 0 amide bonds. The van der Waals surface area contributed by atoms with E-state index in [2.05, 4.69) is 0 Å². The molecule has 0 atom stereocenters. The van der Waals surface area contributed by atoms with Gasteiger partial charge in [0, 0.05) is 5.56 Å². The van der Waals surface area contributed by atoms with Crippen molar-refractivity contribution in [2.45, 2.75) is 6.92 Å². The lowest BCUT2D eigenvalue weighted by atomic mass is 9.98. The van der Waals surface area contributed by atoms with Gasteiger partial charge in [-0.3, -0.25) is 9.59 Å². The molecule has 0 aromatic heterocycles. The second-order valence-electron chi connectivity index (χ2n) is 6.26. The van der Waals surface area contributed by atoms with E-state index in [4.69, 9.17) is 14.2 Å². The van der Waals surface area contributed by atoms with E-state index in [0.717, 1.165) is 33.6 Å². The molecule has 0 aliphatic carbocycles. The molecule has 0 saturated carbocycles. The molecular formula is C24H20O5. The summed E-state index contributed by atoms with van der Waals surface area (Å²) in [5.41, 5.74) is 4.65. The number of aryl methyl sites for hydroxylation is 1. The summed E-state index contributed by atoms with van der Waals surface area (Å²) < 4.78 is 15.2. The lowest BCUT2D eigenvalue weighted by Gasteiger charge is -2.12. The molecule has 3 rings (SSSR count). The van der Waals surface area contributed by atoms with Crippen molar-refractivity contribution < 1.29 is 23.8 Å². The van der Waals surface area contributed by atoms with Crippen molar-refractivity contribution >= 4 is 25.1 Å². The third-order valence-electron chi connectivity index (χ3n) is 4.46. The third-order valence-corrected chi connectivity index (χ3v) is 4.46. The maximum absolute atomic E-state index is 11.0. The monoisotopic (exact) mass is 388 g/mol. The first-order chi connectivity index (χ1) is 14.1. The van der Waals surface area contributed by atoms with Crippen molar-refractivity contribution in [3.63, 3.8) is 0 Å². The highest BCUT2D eigenvalue weighted by Gasteiger charge is 2.10. The van der Waals surface area contributed by atoms with Gasteiger partial charge in [-0.1, -0.05) is 36.4 Å². The SMILES string of the molecule is COc1ccc(-c2cc(C)c(/C=C/c3ccc(OC=O)cc3)cc2OC=O)cc1. The summed E-state index contributed by atoms with van der Waals surface area (Å²) in [5, 5.41) is 0. The number of carbonyl (C=O) groups is 2. The van der Waals surface area contributed by atoms with Gasteiger partial charge in [0.15, 0.2) is 0 Å². The second kappa shape index (κ2) is 9.37. The highest BCUT2D eigenvalue weighted by molar-refractivity contribution is 5.79. The zero-order valence-electron chi connectivity index (χ0n) is 16.1. The molecule has 29 heavy (non-hydrogen) atoms. The van der Waals surface area contributed by atoms with Crippen molar-refractivity contribution in [1.29, 1.82) is 0 Å². The number of ether oxygens (including phenoxy) is 3. The van der Waals surface area contributed by atoms with Crippen LogP contribution in [0.3, 0.4) is 0 Å². The van der Waals surface area contributed by atoms with Crippen LogP contribution in [0, 0.1) is 6.92 Å².